The van der Waals surface area contributed by atoms with Gasteiger partial charge >= 0.3 is 0 Å². The summed E-state index contributed by atoms with van der Waals surface area (Å²) in [5, 5.41) is 13.8. The largest absolute Gasteiger partial charge is 0.323 e. The molecule has 7 nitrogen and oxygen atoms in total. The molecule has 1 aromatic carbocycles. The van der Waals surface area contributed by atoms with Crippen LogP contribution in [0, 0.1) is 5.92 Å². The van der Waals surface area contributed by atoms with E-state index < -0.39 is 0 Å². The summed E-state index contributed by atoms with van der Waals surface area (Å²) in [6.45, 7) is -0.0503. The number of carbonyl (C=O) groups is 2. The molecular formula is C14H13Cl2N5O2. The molecule has 1 aromatic heterocycles. The number of amides is 2. The summed E-state index contributed by atoms with van der Waals surface area (Å²) in [6, 6.07) is 4.79. The third kappa shape index (κ3) is 4.20. The Morgan fingerprint density at radius 2 is 2.04 bits per heavy atom. The SMILES string of the molecule is O=C(Cn1cc(NC(=O)C2CC2)nn1)Nc1ccc(Cl)cc1Cl. The van der Waals surface area contributed by atoms with Crippen molar-refractivity contribution in [3.8, 4) is 0 Å². The van der Waals surface area contributed by atoms with Gasteiger partial charge in [-0.2, -0.15) is 0 Å². The Labute approximate surface area is 141 Å². The lowest BCUT2D eigenvalue weighted by atomic mass is 10.3. The van der Waals surface area contributed by atoms with Crippen molar-refractivity contribution < 1.29 is 9.59 Å². The van der Waals surface area contributed by atoms with Crippen LogP contribution in [0.2, 0.25) is 10.0 Å². The number of hydrogen-bond donors (Lipinski definition) is 2. The lowest BCUT2D eigenvalue weighted by Gasteiger charge is -2.07. The van der Waals surface area contributed by atoms with Gasteiger partial charge in [-0.05, 0) is 31.0 Å². The molecule has 0 radical (unpaired) electrons. The van der Waals surface area contributed by atoms with Gasteiger partial charge < -0.3 is 10.6 Å². The van der Waals surface area contributed by atoms with Gasteiger partial charge in [0.1, 0.15) is 6.54 Å². The van der Waals surface area contributed by atoms with Crippen molar-refractivity contribution in [3.63, 3.8) is 0 Å². The Morgan fingerprint density at radius 3 is 2.74 bits per heavy atom. The standard InChI is InChI=1S/C14H13Cl2N5O2/c15-9-3-4-11(10(16)5-9)17-13(22)7-21-6-12(19-20-21)18-14(23)8-1-2-8/h3-6,8H,1-2,7H2,(H,17,22)(H,18,23). The minimum Gasteiger partial charge on any atom is -0.323 e. The first kappa shape index (κ1) is 15.8. The fraction of sp³-hybridized carbons (Fsp3) is 0.286. The van der Waals surface area contributed by atoms with Crippen LogP contribution in [0.3, 0.4) is 0 Å². The maximum Gasteiger partial charge on any atom is 0.246 e. The zero-order valence-corrected chi connectivity index (χ0v) is 13.4. The Kier molecular flexibility index (Phi) is 4.49. The van der Waals surface area contributed by atoms with E-state index in [2.05, 4.69) is 20.9 Å². The fourth-order valence-corrected chi connectivity index (χ4v) is 2.39. The van der Waals surface area contributed by atoms with Gasteiger partial charge in [-0.3, -0.25) is 9.59 Å². The van der Waals surface area contributed by atoms with E-state index in [-0.39, 0.29) is 24.3 Å². The van der Waals surface area contributed by atoms with E-state index in [1.54, 1.807) is 18.2 Å². The molecule has 1 heterocycles. The number of nitrogens with one attached hydrogen (secondary N) is 2. The topological polar surface area (TPSA) is 88.9 Å². The molecule has 1 aliphatic carbocycles. The number of aromatic nitrogens is 3. The molecule has 2 amide bonds. The summed E-state index contributed by atoms with van der Waals surface area (Å²) in [5.41, 5.74) is 0.462. The van der Waals surface area contributed by atoms with Crippen LogP contribution in [0.1, 0.15) is 12.8 Å². The number of carbonyl (C=O) groups excluding carboxylic acids is 2. The van der Waals surface area contributed by atoms with Crippen molar-refractivity contribution in [3.05, 3.63) is 34.4 Å². The van der Waals surface area contributed by atoms with Gasteiger partial charge in [0.25, 0.3) is 0 Å². The molecule has 0 spiro atoms. The zero-order chi connectivity index (χ0) is 16.4. The van der Waals surface area contributed by atoms with Crippen LogP contribution in [-0.2, 0) is 16.1 Å². The maximum atomic E-state index is 12.0. The van der Waals surface area contributed by atoms with Crippen molar-refractivity contribution in [2.24, 2.45) is 5.92 Å². The highest BCUT2D eigenvalue weighted by atomic mass is 35.5. The molecule has 9 heteroatoms. The average molecular weight is 354 g/mol. The van der Waals surface area contributed by atoms with E-state index in [4.69, 9.17) is 23.2 Å². The highest BCUT2D eigenvalue weighted by Gasteiger charge is 2.30. The van der Waals surface area contributed by atoms with E-state index in [0.29, 0.717) is 21.6 Å². The summed E-state index contributed by atoms with van der Waals surface area (Å²) in [7, 11) is 0. The highest BCUT2D eigenvalue weighted by Crippen LogP contribution is 2.29. The predicted octanol–water partition coefficient (Wildman–Crippen LogP) is 2.57. The van der Waals surface area contributed by atoms with Gasteiger partial charge in [-0.25, -0.2) is 4.68 Å². The minimum atomic E-state index is -0.320. The molecule has 0 aliphatic heterocycles. The van der Waals surface area contributed by atoms with Crippen LogP contribution in [0.4, 0.5) is 11.5 Å². The number of halogens is 2. The number of benzene rings is 1. The molecule has 1 aliphatic rings. The van der Waals surface area contributed by atoms with Crippen LogP contribution < -0.4 is 10.6 Å². The number of nitrogens with zero attached hydrogens (tertiary/aromatic N) is 3. The fourth-order valence-electron chi connectivity index (χ4n) is 1.93. The van der Waals surface area contributed by atoms with Gasteiger partial charge in [-0.1, -0.05) is 28.4 Å². The van der Waals surface area contributed by atoms with E-state index in [0.717, 1.165) is 12.8 Å². The van der Waals surface area contributed by atoms with E-state index in [9.17, 15) is 9.59 Å². The number of hydrogen-bond acceptors (Lipinski definition) is 4. The molecule has 23 heavy (non-hydrogen) atoms. The molecule has 1 saturated carbocycles. The van der Waals surface area contributed by atoms with Gasteiger partial charge in [0.2, 0.25) is 11.8 Å². The van der Waals surface area contributed by atoms with E-state index in [1.807, 2.05) is 0 Å². The summed E-state index contributed by atoms with van der Waals surface area (Å²) in [5.74, 6) is 0.0309. The maximum absolute atomic E-state index is 12.0. The molecule has 2 aromatic rings. The smallest absolute Gasteiger partial charge is 0.246 e. The molecule has 0 saturated heterocycles. The third-order valence-electron chi connectivity index (χ3n) is 3.25. The molecule has 0 bridgehead atoms. The second-order valence-corrected chi connectivity index (χ2v) is 6.08. The second kappa shape index (κ2) is 6.55. The Morgan fingerprint density at radius 1 is 1.26 bits per heavy atom. The highest BCUT2D eigenvalue weighted by molar-refractivity contribution is 6.36. The third-order valence-corrected chi connectivity index (χ3v) is 3.80. The Bertz CT molecular complexity index is 757. The quantitative estimate of drug-likeness (QED) is 0.864. The predicted molar refractivity (Wildman–Crippen MR) is 86.5 cm³/mol. The summed E-state index contributed by atoms with van der Waals surface area (Å²) >= 11 is 11.8. The van der Waals surface area contributed by atoms with E-state index >= 15 is 0 Å². The molecule has 2 N–H and O–H groups in total. The average Bonchev–Trinajstić information content (AvgIpc) is 3.25. The number of rotatable bonds is 5. The van der Waals surface area contributed by atoms with Crippen LogP contribution in [0.5, 0.6) is 0 Å². The van der Waals surface area contributed by atoms with Crippen molar-refractivity contribution in [2.45, 2.75) is 19.4 Å². The van der Waals surface area contributed by atoms with Crippen LogP contribution in [0.25, 0.3) is 0 Å². The first-order chi connectivity index (χ1) is 11.0. The molecule has 3 rings (SSSR count). The van der Waals surface area contributed by atoms with Gasteiger partial charge in [0, 0.05) is 10.9 Å². The molecule has 0 unspecified atom stereocenters. The monoisotopic (exact) mass is 353 g/mol. The minimum absolute atomic E-state index is 0.0503. The normalized spacial score (nSPS) is 13.7. The lowest BCUT2D eigenvalue weighted by Crippen LogP contribution is -2.19. The van der Waals surface area contributed by atoms with Crippen molar-refractivity contribution in [1.29, 1.82) is 0 Å². The zero-order valence-electron chi connectivity index (χ0n) is 11.9. The second-order valence-electron chi connectivity index (χ2n) is 5.24. The number of anilines is 2. The Hall–Kier alpha value is -2.12. The molecular weight excluding hydrogens is 341 g/mol. The lowest BCUT2D eigenvalue weighted by molar-refractivity contribution is -0.117. The first-order valence-electron chi connectivity index (χ1n) is 6.97. The van der Waals surface area contributed by atoms with E-state index in [1.165, 1.54) is 10.9 Å². The van der Waals surface area contributed by atoms with Crippen LogP contribution in [0.15, 0.2) is 24.4 Å². The van der Waals surface area contributed by atoms with Crippen molar-refractivity contribution in [2.75, 3.05) is 10.6 Å². The van der Waals surface area contributed by atoms with Crippen LogP contribution >= 0.6 is 23.2 Å². The molecule has 1 fully saturated rings. The summed E-state index contributed by atoms with van der Waals surface area (Å²) in [4.78, 5) is 23.6. The molecule has 0 atom stereocenters. The van der Waals surface area contributed by atoms with Crippen molar-refractivity contribution in [1.82, 2.24) is 15.0 Å². The Balaban J connectivity index is 1.57. The summed E-state index contributed by atoms with van der Waals surface area (Å²) < 4.78 is 1.33. The summed E-state index contributed by atoms with van der Waals surface area (Å²) in [6.07, 6.45) is 3.32. The first-order valence-corrected chi connectivity index (χ1v) is 7.73. The van der Waals surface area contributed by atoms with Gasteiger partial charge in [0.05, 0.1) is 16.9 Å². The van der Waals surface area contributed by atoms with Gasteiger partial charge in [0.15, 0.2) is 5.82 Å². The van der Waals surface area contributed by atoms with Crippen LogP contribution in [-0.4, -0.2) is 26.8 Å². The van der Waals surface area contributed by atoms with Crippen molar-refractivity contribution >= 4 is 46.5 Å². The molecule has 120 valence electrons. The van der Waals surface area contributed by atoms with Gasteiger partial charge in [-0.15, -0.1) is 5.10 Å².